The van der Waals surface area contributed by atoms with Gasteiger partial charge in [0, 0.05) is 17.9 Å². The molecule has 0 aliphatic carbocycles. The summed E-state index contributed by atoms with van der Waals surface area (Å²) in [5.41, 5.74) is 3.51. The van der Waals surface area contributed by atoms with E-state index in [1.54, 1.807) is 6.08 Å². The third kappa shape index (κ3) is 4.48. The van der Waals surface area contributed by atoms with E-state index in [4.69, 9.17) is 0 Å². The van der Waals surface area contributed by atoms with Crippen molar-refractivity contribution in [2.24, 2.45) is 0 Å². The van der Waals surface area contributed by atoms with Gasteiger partial charge < -0.3 is 0 Å². The molecule has 2 rings (SSSR count). The van der Waals surface area contributed by atoms with Crippen molar-refractivity contribution in [2.75, 3.05) is 11.5 Å². The summed E-state index contributed by atoms with van der Waals surface area (Å²) in [7, 11) is 0. The first-order valence-corrected chi connectivity index (χ1v) is 8.31. The summed E-state index contributed by atoms with van der Waals surface area (Å²) in [6.45, 7) is 3.71. The van der Waals surface area contributed by atoms with Crippen LogP contribution in [0.2, 0.25) is 0 Å². The summed E-state index contributed by atoms with van der Waals surface area (Å²) in [5, 5.41) is 0. The molecule has 126 valence electrons. The molecule has 2 N–H and O–H groups in total. The summed E-state index contributed by atoms with van der Waals surface area (Å²) >= 11 is 1.81. The number of aromatic nitrogens is 1. The van der Waals surface area contributed by atoms with Crippen LogP contribution in [0, 0.1) is 0 Å². The van der Waals surface area contributed by atoms with E-state index in [1.807, 2.05) is 11.8 Å². The first-order valence-electron chi connectivity index (χ1n) is 7.15. The number of rotatable bonds is 5. The molecule has 0 unspecified atom stereocenters. The SMILES string of the molecule is C=CCC1(NNC(=O)c2cnccc2C(F)(F)F)CCSCC1. The van der Waals surface area contributed by atoms with Gasteiger partial charge in [-0.1, -0.05) is 6.08 Å². The Morgan fingerprint density at radius 2 is 2.13 bits per heavy atom. The molecule has 0 bridgehead atoms. The van der Waals surface area contributed by atoms with Crippen molar-refractivity contribution in [1.82, 2.24) is 15.8 Å². The lowest BCUT2D eigenvalue weighted by Gasteiger charge is -2.37. The lowest BCUT2D eigenvalue weighted by Crippen LogP contribution is -2.55. The lowest BCUT2D eigenvalue weighted by molar-refractivity contribution is -0.138. The summed E-state index contributed by atoms with van der Waals surface area (Å²) in [4.78, 5) is 15.8. The van der Waals surface area contributed by atoms with Gasteiger partial charge in [0.2, 0.25) is 0 Å². The van der Waals surface area contributed by atoms with Crippen LogP contribution in [0.1, 0.15) is 35.2 Å². The maximum Gasteiger partial charge on any atom is 0.417 e. The summed E-state index contributed by atoms with van der Waals surface area (Å²) in [6, 6.07) is 0.797. The number of pyridine rings is 1. The summed E-state index contributed by atoms with van der Waals surface area (Å²) in [5.74, 6) is 1.02. The van der Waals surface area contributed by atoms with E-state index in [0.29, 0.717) is 6.42 Å². The minimum Gasteiger partial charge on any atom is -0.287 e. The van der Waals surface area contributed by atoms with E-state index < -0.39 is 23.2 Å². The van der Waals surface area contributed by atoms with Crippen molar-refractivity contribution >= 4 is 17.7 Å². The number of hydrogen-bond donors (Lipinski definition) is 2. The van der Waals surface area contributed by atoms with Gasteiger partial charge in [-0.3, -0.25) is 15.2 Å². The van der Waals surface area contributed by atoms with E-state index in [-0.39, 0.29) is 5.54 Å². The number of nitrogens with one attached hydrogen (secondary N) is 2. The number of halogens is 3. The van der Waals surface area contributed by atoms with Crippen molar-refractivity contribution in [3.8, 4) is 0 Å². The number of hydrazine groups is 1. The minimum atomic E-state index is -4.60. The first kappa shape index (κ1) is 17.8. The quantitative estimate of drug-likeness (QED) is 0.636. The second kappa shape index (κ2) is 7.35. The van der Waals surface area contributed by atoms with Crippen molar-refractivity contribution in [2.45, 2.75) is 31.0 Å². The molecule has 0 radical (unpaired) electrons. The van der Waals surface area contributed by atoms with Crippen molar-refractivity contribution in [1.29, 1.82) is 0 Å². The standard InChI is InChI=1S/C15H18F3N3OS/c1-2-4-14(5-8-23-9-6-14)21-20-13(22)11-10-19-7-3-12(11)15(16,17)18/h2-3,7,10,21H,1,4-6,8-9H2,(H,20,22). The highest BCUT2D eigenvalue weighted by molar-refractivity contribution is 7.99. The number of amides is 1. The highest BCUT2D eigenvalue weighted by Crippen LogP contribution is 2.32. The maximum absolute atomic E-state index is 13.0. The summed E-state index contributed by atoms with van der Waals surface area (Å²) in [6.07, 6.45) is 1.34. The van der Waals surface area contributed by atoms with Crippen LogP contribution in [0.25, 0.3) is 0 Å². The molecule has 1 aromatic heterocycles. The average molecular weight is 345 g/mol. The van der Waals surface area contributed by atoms with E-state index in [9.17, 15) is 18.0 Å². The fourth-order valence-corrected chi connectivity index (χ4v) is 3.77. The second-order valence-corrected chi connectivity index (χ2v) is 6.61. The van der Waals surface area contributed by atoms with Crippen LogP contribution in [0.15, 0.2) is 31.1 Å². The normalized spacial score (nSPS) is 17.5. The van der Waals surface area contributed by atoms with E-state index in [2.05, 4.69) is 22.4 Å². The molecule has 0 atom stereocenters. The van der Waals surface area contributed by atoms with E-state index in [1.165, 1.54) is 0 Å². The van der Waals surface area contributed by atoms with Gasteiger partial charge in [-0.15, -0.1) is 6.58 Å². The molecule has 1 fully saturated rings. The molecule has 2 heterocycles. The summed E-state index contributed by atoms with van der Waals surface area (Å²) < 4.78 is 38.9. The van der Waals surface area contributed by atoms with E-state index >= 15 is 0 Å². The fourth-order valence-electron chi connectivity index (χ4n) is 2.50. The predicted molar refractivity (Wildman–Crippen MR) is 83.9 cm³/mol. The average Bonchev–Trinajstić information content (AvgIpc) is 2.53. The molecule has 1 aliphatic rings. The van der Waals surface area contributed by atoms with Crippen LogP contribution < -0.4 is 10.9 Å². The highest BCUT2D eigenvalue weighted by atomic mass is 32.2. The van der Waals surface area contributed by atoms with Gasteiger partial charge in [-0.2, -0.15) is 24.9 Å². The molecule has 1 amide bonds. The third-order valence-corrected chi connectivity index (χ3v) is 4.78. The zero-order valence-electron chi connectivity index (χ0n) is 12.4. The Bertz CT molecular complexity index is 571. The van der Waals surface area contributed by atoms with Gasteiger partial charge in [0.1, 0.15) is 0 Å². The number of thioether (sulfide) groups is 1. The largest absolute Gasteiger partial charge is 0.417 e. The van der Waals surface area contributed by atoms with Crippen LogP contribution in [0.5, 0.6) is 0 Å². The second-order valence-electron chi connectivity index (χ2n) is 5.38. The zero-order chi connectivity index (χ0) is 16.9. The van der Waals surface area contributed by atoms with Gasteiger partial charge in [-0.05, 0) is 36.8 Å². The number of carbonyl (C=O) groups is 1. The number of carbonyl (C=O) groups excluding carboxylic acids is 1. The third-order valence-electron chi connectivity index (χ3n) is 3.80. The van der Waals surface area contributed by atoms with Crippen LogP contribution in [0.4, 0.5) is 13.2 Å². The number of alkyl halides is 3. The van der Waals surface area contributed by atoms with Gasteiger partial charge in [-0.25, -0.2) is 5.43 Å². The van der Waals surface area contributed by atoms with Crippen molar-refractivity contribution < 1.29 is 18.0 Å². The molecule has 1 saturated heterocycles. The van der Waals surface area contributed by atoms with Crippen LogP contribution in [0.3, 0.4) is 0 Å². The molecule has 0 spiro atoms. The van der Waals surface area contributed by atoms with Crippen LogP contribution in [-0.2, 0) is 6.18 Å². The Kier molecular flexibility index (Phi) is 5.69. The Balaban J connectivity index is 2.11. The molecule has 8 heteroatoms. The zero-order valence-corrected chi connectivity index (χ0v) is 13.3. The Labute approximate surface area is 136 Å². The molecule has 0 aromatic carbocycles. The topological polar surface area (TPSA) is 54.0 Å². The molecule has 4 nitrogen and oxygen atoms in total. The molecular weight excluding hydrogens is 327 g/mol. The minimum absolute atomic E-state index is 0.358. The molecular formula is C15H18F3N3OS. The highest BCUT2D eigenvalue weighted by Gasteiger charge is 2.36. The number of nitrogens with zero attached hydrogens (tertiary/aromatic N) is 1. The van der Waals surface area contributed by atoms with Crippen molar-refractivity contribution in [3.63, 3.8) is 0 Å². The maximum atomic E-state index is 13.0. The van der Waals surface area contributed by atoms with E-state index in [0.717, 1.165) is 42.8 Å². The number of hydrogen-bond acceptors (Lipinski definition) is 4. The Morgan fingerprint density at radius 3 is 2.74 bits per heavy atom. The Morgan fingerprint density at radius 1 is 1.43 bits per heavy atom. The predicted octanol–water partition coefficient (Wildman–Crippen LogP) is 3.18. The monoisotopic (exact) mass is 345 g/mol. The molecule has 1 aromatic rings. The fraction of sp³-hybridized carbons (Fsp3) is 0.467. The lowest BCUT2D eigenvalue weighted by atomic mass is 9.89. The van der Waals surface area contributed by atoms with Gasteiger partial charge in [0.15, 0.2) is 0 Å². The van der Waals surface area contributed by atoms with Crippen LogP contribution >= 0.6 is 11.8 Å². The Hall–Kier alpha value is -1.54. The van der Waals surface area contributed by atoms with Gasteiger partial charge in [0.25, 0.3) is 5.91 Å². The van der Waals surface area contributed by atoms with Crippen molar-refractivity contribution in [3.05, 3.63) is 42.2 Å². The van der Waals surface area contributed by atoms with Gasteiger partial charge >= 0.3 is 6.18 Å². The smallest absolute Gasteiger partial charge is 0.287 e. The first-order chi connectivity index (χ1) is 10.9. The molecule has 0 saturated carbocycles. The van der Waals surface area contributed by atoms with Crippen LogP contribution in [-0.4, -0.2) is 27.9 Å². The molecule has 1 aliphatic heterocycles. The van der Waals surface area contributed by atoms with Gasteiger partial charge in [0.05, 0.1) is 11.1 Å². The molecule has 23 heavy (non-hydrogen) atoms.